The highest BCUT2D eigenvalue weighted by Gasteiger charge is 2.41. The first-order valence-electron chi connectivity index (χ1n) is 6.41. The van der Waals surface area contributed by atoms with Crippen molar-refractivity contribution in [1.29, 1.82) is 0 Å². The van der Waals surface area contributed by atoms with Crippen LogP contribution in [-0.2, 0) is 9.47 Å². The van der Waals surface area contributed by atoms with Gasteiger partial charge in [-0.25, -0.2) is 0 Å². The van der Waals surface area contributed by atoms with Gasteiger partial charge in [0.15, 0.2) is 5.79 Å². The number of piperidine rings is 1. The Morgan fingerprint density at radius 3 is 2.50 bits per heavy atom. The lowest BCUT2D eigenvalue weighted by atomic mass is 10.0. The van der Waals surface area contributed by atoms with Crippen molar-refractivity contribution in [2.24, 2.45) is 0 Å². The van der Waals surface area contributed by atoms with Gasteiger partial charge in [-0.05, 0) is 6.07 Å². The van der Waals surface area contributed by atoms with Crippen LogP contribution in [0.2, 0.25) is 0 Å². The summed E-state index contributed by atoms with van der Waals surface area (Å²) < 4.78 is 11.2. The highest BCUT2D eigenvalue weighted by Crippen LogP contribution is 2.32. The normalized spacial score (nSPS) is 21.3. The molecule has 1 amide bonds. The van der Waals surface area contributed by atoms with E-state index in [9.17, 15) is 14.9 Å². The minimum absolute atomic E-state index is 0.00992. The molecule has 3 heterocycles. The first kappa shape index (κ1) is 13.5. The molecule has 0 N–H and O–H groups in total. The summed E-state index contributed by atoms with van der Waals surface area (Å²) in [4.78, 5) is 24.5. The second-order valence-electron chi connectivity index (χ2n) is 4.79. The van der Waals surface area contributed by atoms with Gasteiger partial charge in [-0.15, -0.1) is 0 Å². The van der Waals surface area contributed by atoms with Crippen molar-refractivity contribution < 1.29 is 19.2 Å². The zero-order chi connectivity index (χ0) is 14.2. The molecule has 7 nitrogen and oxygen atoms in total. The Kier molecular flexibility index (Phi) is 3.45. The first-order chi connectivity index (χ1) is 9.60. The second-order valence-corrected chi connectivity index (χ2v) is 5.86. The summed E-state index contributed by atoms with van der Waals surface area (Å²) in [6.07, 6.45) is 1.29. The number of carbonyl (C=O) groups is 1. The van der Waals surface area contributed by atoms with Gasteiger partial charge in [-0.3, -0.25) is 14.9 Å². The van der Waals surface area contributed by atoms with Gasteiger partial charge in [0.2, 0.25) is 0 Å². The van der Waals surface area contributed by atoms with Crippen molar-refractivity contribution >= 4 is 22.2 Å². The molecule has 2 aliphatic rings. The average Bonchev–Trinajstić information content (AvgIpc) is 3.08. The molecule has 0 unspecified atom stereocenters. The maximum absolute atomic E-state index is 12.3. The molecule has 3 rings (SSSR count). The van der Waals surface area contributed by atoms with Crippen LogP contribution in [0, 0.1) is 10.1 Å². The van der Waals surface area contributed by atoms with Crippen molar-refractivity contribution in [2.45, 2.75) is 18.6 Å². The van der Waals surface area contributed by atoms with E-state index >= 15 is 0 Å². The first-order valence-corrected chi connectivity index (χ1v) is 7.23. The quantitative estimate of drug-likeness (QED) is 0.612. The van der Waals surface area contributed by atoms with Gasteiger partial charge in [-0.2, -0.15) is 0 Å². The van der Waals surface area contributed by atoms with Crippen molar-refractivity contribution in [3.8, 4) is 0 Å². The molecule has 0 aliphatic carbocycles. The van der Waals surface area contributed by atoms with Crippen molar-refractivity contribution in [3.05, 3.63) is 27.1 Å². The molecule has 0 radical (unpaired) electrons. The van der Waals surface area contributed by atoms with Crippen molar-refractivity contribution in [3.63, 3.8) is 0 Å². The summed E-state index contributed by atoms with van der Waals surface area (Å²) in [6, 6.07) is 2.88. The maximum atomic E-state index is 12.3. The lowest BCUT2D eigenvalue weighted by molar-refractivity contribution is -0.380. The highest BCUT2D eigenvalue weighted by molar-refractivity contribution is 7.17. The molecule has 0 bridgehead atoms. The number of hydrogen-bond donors (Lipinski definition) is 0. The Balaban J connectivity index is 1.65. The van der Waals surface area contributed by atoms with Gasteiger partial charge in [0.25, 0.3) is 5.91 Å². The Labute approximate surface area is 119 Å². The van der Waals surface area contributed by atoms with E-state index < -0.39 is 10.7 Å². The van der Waals surface area contributed by atoms with Gasteiger partial charge < -0.3 is 14.4 Å². The van der Waals surface area contributed by atoms with E-state index in [1.54, 1.807) is 4.90 Å². The summed E-state index contributed by atoms with van der Waals surface area (Å²) in [5, 5.41) is 10.6. The third-order valence-electron chi connectivity index (χ3n) is 3.61. The number of amides is 1. The van der Waals surface area contributed by atoms with E-state index in [1.165, 1.54) is 12.1 Å². The van der Waals surface area contributed by atoms with Gasteiger partial charge in [0.05, 0.1) is 23.0 Å². The molecule has 2 fully saturated rings. The zero-order valence-corrected chi connectivity index (χ0v) is 11.6. The molecule has 0 saturated carbocycles. The minimum Gasteiger partial charge on any atom is -0.347 e. The Morgan fingerprint density at radius 1 is 1.30 bits per heavy atom. The highest BCUT2D eigenvalue weighted by atomic mass is 32.1. The van der Waals surface area contributed by atoms with E-state index in [2.05, 4.69) is 0 Å². The molecule has 1 spiro atoms. The van der Waals surface area contributed by atoms with Crippen LogP contribution < -0.4 is 0 Å². The predicted octanol–water partition coefficient (Wildman–Crippen LogP) is 1.64. The largest absolute Gasteiger partial charge is 0.347 e. The average molecular weight is 298 g/mol. The lowest BCUT2D eigenvalue weighted by Gasteiger charge is -2.37. The fourth-order valence-corrected chi connectivity index (χ4v) is 3.32. The van der Waals surface area contributed by atoms with E-state index in [0.717, 1.165) is 11.3 Å². The van der Waals surface area contributed by atoms with E-state index in [0.29, 0.717) is 44.0 Å². The molecule has 1 aromatic rings. The molecular formula is C12H14N2O5S. The third kappa shape index (κ3) is 2.41. The molecule has 20 heavy (non-hydrogen) atoms. The van der Waals surface area contributed by atoms with Crippen molar-refractivity contribution in [1.82, 2.24) is 4.90 Å². The Morgan fingerprint density at radius 2 is 1.95 bits per heavy atom. The second kappa shape index (κ2) is 5.12. The molecule has 1 aromatic heterocycles. The van der Waals surface area contributed by atoms with Crippen LogP contribution in [0.1, 0.15) is 22.5 Å². The lowest BCUT2D eigenvalue weighted by Crippen LogP contribution is -2.47. The van der Waals surface area contributed by atoms with E-state index in [1.807, 2.05) is 0 Å². The van der Waals surface area contributed by atoms with Crippen LogP contribution in [0.3, 0.4) is 0 Å². The van der Waals surface area contributed by atoms with Crippen LogP contribution >= 0.6 is 11.3 Å². The predicted molar refractivity (Wildman–Crippen MR) is 70.7 cm³/mol. The van der Waals surface area contributed by atoms with Crippen LogP contribution in [-0.4, -0.2) is 47.8 Å². The molecular weight excluding hydrogens is 284 g/mol. The monoisotopic (exact) mass is 298 g/mol. The molecule has 108 valence electrons. The molecule has 0 atom stereocenters. The number of carbonyl (C=O) groups excluding carboxylic acids is 1. The summed E-state index contributed by atoms with van der Waals surface area (Å²) >= 11 is 0.914. The summed E-state index contributed by atoms with van der Waals surface area (Å²) in [5.74, 6) is -0.672. The van der Waals surface area contributed by atoms with Crippen LogP contribution in [0.4, 0.5) is 5.00 Å². The number of nitrogens with zero attached hydrogens (tertiary/aromatic N) is 2. The van der Waals surface area contributed by atoms with E-state index in [4.69, 9.17) is 9.47 Å². The Hall–Kier alpha value is -1.51. The number of hydrogen-bond acceptors (Lipinski definition) is 6. The fourth-order valence-electron chi connectivity index (χ4n) is 2.53. The summed E-state index contributed by atoms with van der Waals surface area (Å²) in [6.45, 7) is 2.30. The zero-order valence-electron chi connectivity index (χ0n) is 10.7. The van der Waals surface area contributed by atoms with Gasteiger partial charge in [0.1, 0.15) is 0 Å². The minimum atomic E-state index is -0.516. The van der Waals surface area contributed by atoms with Gasteiger partial charge in [-0.1, -0.05) is 11.3 Å². The topological polar surface area (TPSA) is 81.9 Å². The fraction of sp³-hybridized carbons (Fsp3) is 0.583. The van der Waals surface area contributed by atoms with Crippen molar-refractivity contribution in [2.75, 3.05) is 26.3 Å². The maximum Gasteiger partial charge on any atom is 0.324 e. The van der Waals surface area contributed by atoms with Crippen LogP contribution in [0.15, 0.2) is 12.1 Å². The van der Waals surface area contributed by atoms with Gasteiger partial charge >= 0.3 is 5.00 Å². The van der Waals surface area contributed by atoms with Crippen LogP contribution in [0.5, 0.6) is 0 Å². The smallest absolute Gasteiger partial charge is 0.324 e. The number of ether oxygens (including phenoxy) is 2. The number of likely N-dealkylation sites (tertiary alicyclic amines) is 1. The standard InChI is InChI=1S/C12H14N2O5S/c15-11(9-1-2-10(20-9)14(16)17)13-5-3-12(4-6-13)18-7-8-19-12/h1-2H,3-8H2. The summed E-state index contributed by atoms with van der Waals surface area (Å²) in [7, 11) is 0. The number of rotatable bonds is 2. The van der Waals surface area contributed by atoms with E-state index in [-0.39, 0.29) is 10.9 Å². The van der Waals surface area contributed by atoms with Crippen LogP contribution in [0.25, 0.3) is 0 Å². The molecule has 2 aliphatic heterocycles. The third-order valence-corrected chi connectivity index (χ3v) is 4.63. The molecule has 8 heteroatoms. The SMILES string of the molecule is O=C(c1ccc([N+](=O)[O-])s1)N1CCC2(CC1)OCCO2. The molecule has 2 saturated heterocycles. The molecule has 0 aromatic carbocycles. The Bertz CT molecular complexity index is 528. The number of nitro groups is 1. The van der Waals surface area contributed by atoms with Gasteiger partial charge in [0, 0.05) is 32.0 Å². The summed E-state index contributed by atoms with van der Waals surface area (Å²) in [5.41, 5.74) is 0. The number of thiophene rings is 1.